The minimum atomic E-state index is -4.77. The number of aromatic amines is 2. The van der Waals surface area contributed by atoms with Crippen LogP contribution in [-0.4, -0.2) is 139 Å². The van der Waals surface area contributed by atoms with Gasteiger partial charge in [0.25, 0.3) is 0 Å². The number of nitrogens with one attached hydrogen (secondary N) is 2. The van der Waals surface area contributed by atoms with Gasteiger partial charge in [0.1, 0.15) is 30.4 Å². The lowest BCUT2D eigenvalue weighted by Crippen LogP contribution is -2.82. The van der Waals surface area contributed by atoms with Crippen LogP contribution in [-0.2, 0) is 30.4 Å². The number of rotatable bonds is 7. The molecule has 7 aromatic rings. The van der Waals surface area contributed by atoms with Gasteiger partial charge in [0.15, 0.2) is 0 Å². The summed E-state index contributed by atoms with van der Waals surface area (Å²) in [6.07, 6.45) is 7.16. The first kappa shape index (κ1) is 93.7. The summed E-state index contributed by atoms with van der Waals surface area (Å²) in [5.74, 6) is 0. The number of nitrogens with two attached hydrogens (primary N) is 1. The van der Waals surface area contributed by atoms with Crippen molar-refractivity contribution in [2.24, 2.45) is 0 Å². The molecule has 4 N–H and O–H groups in total. The zero-order chi connectivity index (χ0) is 86.3. The summed E-state index contributed by atoms with van der Waals surface area (Å²) in [4.78, 5) is 15.9. The average Bonchev–Trinajstić information content (AvgIpc) is 0.875. The fourth-order valence-electron chi connectivity index (χ4n) is 25.5. The molecular formula is C92H136N8O9S3. The number of nitrogens with zero attached hydrogens (tertiary/aromatic N) is 5. The highest BCUT2D eigenvalue weighted by molar-refractivity contribution is 7.86. The van der Waals surface area contributed by atoms with Crippen LogP contribution >= 0.6 is 0 Å². The summed E-state index contributed by atoms with van der Waals surface area (Å²) in [6, 6.07) is 30.9. The SMILES string of the molecule is CC(C)(C)[N+](C(C)(C)C)(C(C)(C)C)C(C)(C)C.CC(C)(C)[N+](C(C)(C)C)(C(C)(C)C)C(C)(C)C.CC(C)(C)[N+](C(C)(C)C)(C(C)(C)C)C(C)(C)C.Nc1ccc(-c2c3nc(c(-c4ccc(S(=O)(=O)[O-])cc4)c4ccc([nH]4)c(-c4ccc(S(=O)(=O)[O-])cc4)c4nc(c(-c5ccc(S(=O)(=O)[O-])cc5)c5ccc2[nH]5)C=C4)C=C3)cc1. The lowest BCUT2D eigenvalue weighted by molar-refractivity contribution is -1.08. The molecule has 4 aromatic carbocycles. The van der Waals surface area contributed by atoms with Crippen molar-refractivity contribution in [3.63, 3.8) is 0 Å². The third-order valence-corrected chi connectivity index (χ3v) is 24.9. The topological polar surface area (TPSA) is 255 Å². The largest absolute Gasteiger partial charge is 0.744 e. The average molecular weight is 1590 g/mol. The second kappa shape index (κ2) is 30.8. The maximum Gasteiger partial charge on any atom is 0.124 e. The van der Waals surface area contributed by atoms with Gasteiger partial charge in [-0.25, -0.2) is 35.2 Å². The molecular weight excluding hydrogens is 1460 g/mol. The predicted octanol–water partition coefficient (Wildman–Crippen LogP) is 22.6. The molecule has 0 radical (unpaired) electrons. The number of hydrogen-bond donors (Lipinski definition) is 3. The van der Waals surface area contributed by atoms with E-state index < -0.39 is 45.0 Å². The van der Waals surface area contributed by atoms with Crippen molar-refractivity contribution >= 4 is 82.4 Å². The van der Waals surface area contributed by atoms with Gasteiger partial charge >= 0.3 is 0 Å². The summed E-state index contributed by atoms with van der Waals surface area (Å²) in [7, 11) is -14.3. The lowest BCUT2D eigenvalue weighted by Gasteiger charge is -2.70. The van der Waals surface area contributed by atoms with E-state index >= 15 is 0 Å². The van der Waals surface area contributed by atoms with Crippen LogP contribution < -0.4 is 5.73 Å². The van der Waals surface area contributed by atoms with E-state index in [1.54, 1.807) is 36.4 Å². The molecule has 0 saturated heterocycles. The minimum Gasteiger partial charge on any atom is -0.744 e. The van der Waals surface area contributed by atoms with E-state index in [0.717, 1.165) is 19.0 Å². The molecule has 3 aromatic heterocycles. The van der Waals surface area contributed by atoms with E-state index in [2.05, 4.69) is 259 Å². The quantitative estimate of drug-likeness (QED) is 0.0765. The van der Waals surface area contributed by atoms with Crippen molar-refractivity contribution in [1.82, 2.24) is 19.9 Å². The Kier molecular flexibility index (Phi) is 25.8. The monoisotopic (exact) mass is 1590 g/mol. The van der Waals surface area contributed by atoms with E-state index in [9.17, 15) is 38.9 Å². The van der Waals surface area contributed by atoms with Crippen LogP contribution in [0.2, 0.25) is 0 Å². The third-order valence-electron chi connectivity index (χ3n) is 22.3. The van der Waals surface area contributed by atoms with Gasteiger partial charge in [0.2, 0.25) is 0 Å². The van der Waals surface area contributed by atoms with Crippen LogP contribution in [0.15, 0.2) is 136 Å². The number of benzene rings is 4. The number of hydrogen-bond acceptors (Lipinski definition) is 12. The molecule has 0 aliphatic carbocycles. The molecule has 0 spiro atoms. The van der Waals surface area contributed by atoms with E-state index in [-0.39, 0.29) is 66.5 Å². The Hall–Kier alpha value is -7.11. The zero-order valence-electron chi connectivity index (χ0n) is 74.6. The summed E-state index contributed by atoms with van der Waals surface area (Å²) in [5, 5.41) is 0. The lowest BCUT2D eigenvalue weighted by atomic mass is 9.75. The van der Waals surface area contributed by atoms with Gasteiger partial charge in [-0.1, -0.05) is 48.5 Å². The summed E-state index contributed by atoms with van der Waals surface area (Å²) in [6.45, 7) is 85.8. The molecule has 112 heavy (non-hydrogen) atoms. The molecule has 5 heterocycles. The Bertz CT molecular complexity index is 4760. The highest BCUT2D eigenvalue weighted by Crippen LogP contribution is 2.54. The number of quaternary nitrogens is 3. The molecule has 8 bridgehead atoms. The van der Waals surface area contributed by atoms with Gasteiger partial charge in [-0.15, -0.1) is 0 Å². The first-order valence-corrected chi connectivity index (χ1v) is 43.1. The first-order valence-electron chi connectivity index (χ1n) is 38.9. The molecule has 17 nitrogen and oxygen atoms in total. The van der Waals surface area contributed by atoms with Gasteiger partial charge < -0.3 is 42.8 Å². The molecule has 20 heteroatoms. The smallest absolute Gasteiger partial charge is 0.124 e. The van der Waals surface area contributed by atoms with Crippen molar-refractivity contribution in [2.45, 2.75) is 330 Å². The number of aromatic nitrogens is 4. The van der Waals surface area contributed by atoms with Crippen LogP contribution in [0.4, 0.5) is 5.69 Å². The standard InChI is InChI=1S/C44H31N5O9S3.3C16H36N/c45-29-9-1-25(2-10-29)41-33-17-19-35(46-33)42(26-3-11-30(12-4-26)59(50,51)52)37-21-23-39(48-37)44(28-7-15-32(16-8-28)61(56,57)58)40-24-22-38(49-40)43(36-20-18-34(41)47-36)27-5-13-31(14-6-27)60(53,54)55;3*1-13(2,3)17(14(4,5)6,15(7,8)9)16(10,11)12/h1-24,46,49H,45H2,(H,50,51,52)(H,53,54,55)(H,56,57,58);3*1-12H3/q;3*+1/p-3. The van der Waals surface area contributed by atoms with Crippen LogP contribution in [0.5, 0.6) is 0 Å². The molecule has 0 fully saturated rings. The molecule has 0 saturated carbocycles. The zero-order valence-corrected chi connectivity index (χ0v) is 77.0. The van der Waals surface area contributed by atoms with Crippen LogP contribution in [0, 0.1) is 0 Å². The minimum absolute atomic E-state index is 0.203. The van der Waals surface area contributed by atoms with Crippen molar-refractivity contribution < 1.29 is 52.4 Å². The van der Waals surface area contributed by atoms with E-state index in [0.29, 0.717) is 89.5 Å². The normalized spacial score (nSPS) is 14.4. The number of nitrogen functional groups attached to an aromatic ring is 1. The Morgan fingerprint density at radius 3 is 0.518 bits per heavy atom. The van der Waals surface area contributed by atoms with Gasteiger partial charge in [-0.05, 0) is 369 Å². The highest BCUT2D eigenvalue weighted by Gasteiger charge is 2.65. The predicted molar refractivity (Wildman–Crippen MR) is 467 cm³/mol. The Morgan fingerprint density at radius 1 is 0.250 bits per heavy atom. The van der Waals surface area contributed by atoms with Crippen LogP contribution in [0.1, 0.15) is 272 Å². The second-order valence-corrected chi connectivity index (χ2v) is 46.3. The second-order valence-electron chi connectivity index (χ2n) is 42.1. The Morgan fingerprint density at radius 2 is 0.393 bits per heavy atom. The van der Waals surface area contributed by atoms with Crippen molar-refractivity contribution in [2.75, 3.05) is 5.73 Å². The maximum absolute atomic E-state index is 11.9. The van der Waals surface area contributed by atoms with Crippen LogP contribution in [0.25, 0.3) is 90.9 Å². The molecule has 0 atom stereocenters. The fourth-order valence-corrected chi connectivity index (χ4v) is 27.0. The van der Waals surface area contributed by atoms with Gasteiger partial charge in [-0.2, -0.15) is 0 Å². The van der Waals surface area contributed by atoms with E-state index in [1.807, 2.05) is 36.4 Å². The van der Waals surface area contributed by atoms with Gasteiger partial charge in [0, 0.05) is 50.0 Å². The molecule has 9 rings (SSSR count). The molecule has 2 aliphatic heterocycles. The van der Waals surface area contributed by atoms with E-state index in [1.165, 1.54) is 72.8 Å². The number of fused-ring (bicyclic) bond motifs is 8. The number of H-pyrrole nitrogens is 2. The molecule has 0 unspecified atom stereocenters. The third kappa shape index (κ3) is 18.1. The molecule has 2 aliphatic rings. The van der Waals surface area contributed by atoms with Crippen LogP contribution in [0.3, 0.4) is 0 Å². The maximum atomic E-state index is 11.9. The van der Waals surface area contributed by atoms with Crippen molar-refractivity contribution in [3.05, 3.63) is 144 Å². The van der Waals surface area contributed by atoms with Gasteiger partial charge in [0.05, 0.1) is 104 Å². The van der Waals surface area contributed by atoms with E-state index in [4.69, 9.17) is 15.7 Å². The van der Waals surface area contributed by atoms with Crippen molar-refractivity contribution in [3.8, 4) is 44.5 Å². The fraction of sp³-hybridized carbons (Fsp3) is 0.522. The first-order chi connectivity index (χ1) is 50.0. The van der Waals surface area contributed by atoms with Gasteiger partial charge in [-0.3, -0.25) is 0 Å². The summed E-state index contributed by atoms with van der Waals surface area (Å²) >= 11 is 0. The summed E-state index contributed by atoms with van der Waals surface area (Å²) < 4.78 is 110. The molecule has 0 amide bonds. The Balaban J connectivity index is 0.000000311. The van der Waals surface area contributed by atoms with Crippen molar-refractivity contribution in [1.29, 1.82) is 0 Å². The molecule has 616 valence electrons. The summed E-state index contributed by atoms with van der Waals surface area (Å²) in [5.41, 5.74) is 17.8. The number of anilines is 1. The Labute approximate surface area is 675 Å². The highest BCUT2D eigenvalue weighted by atomic mass is 32.2.